The van der Waals surface area contributed by atoms with Gasteiger partial charge >= 0.3 is 5.69 Å². The SMILES string of the molecule is CC(C)Oc1c(Cl)cc(/C=N/NC(=O)c2cc(-c3cccs3)[nH]c(=O)n2)cc1Cl. The number of aromatic nitrogens is 2. The second-order valence-electron chi connectivity index (χ2n) is 6.14. The van der Waals surface area contributed by atoms with Crippen LogP contribution in [-0.2, 0) is 0 Å². The lowest BCUT2D eigenvalue weighted by Gasteiger charge is -2.13. The molecule has 0 saturated carbocycles. The number of benzene rings is 1. The maximum atomic E-state index is 12.3. The summed E-state index contributed by atoms with van der Waals surface area (Å²) in [5.41, 5.74) is 2.74. The maximum Gasteiger partial charge on any atom is 0.346 e. The van der Waals surface area contributed by atoms with Gasteiger partial charge in [-0.2, -0.15) is 10.1 Å². The van der Waals surface area contributed by atoms with Crippen LogP contribution in [0.25, 0.3) is 10.6 Å². The van der Waals surface area contributed by atoms with Crippen LogP contribution in [0.5, 0.6) is 5.75 Å². The molecule has 0 unspecified atom stereocenters. The predicted octanol–water partition coefficient (Wildman–Crippen LogP) is 4.36. The minimum Gasteiger partial charge on any atom is -0.488 e. The third-order valence-electron chi connectivity index (χ3n) is 3.52. The number of amides is 1. The number of ether oxygens (including phenoxy) is 1. The molecule has 7 nitrogen and oxygen atoms in total. The number of rotatable bonds is 6. The number of hydrazone groups is 1. The topological polar surface area (TPSA) is 96.4 Å². The second-order valence-corrected chi connectivity index (χ2v) is 7.90. The van der Waals surface area contributed by atoms with Gasteiger partial charge in [-0.15, -0.1) is 11.3 Å². The first-order valence-corrected chi connectivity index (χ1v) is 10.1. The van der Waals surface area contributed by atoms with Crippen molar-refractivity contribution >= 4 is 46.7 Å². The third-order valence-corrected chi connectivity index (χ3v) is 4.98. The first kappa shape index (κ1) is 21.0. The summed E-state index contributed by atoms with van der Waals surface area (Å²) in [6, 6.07) is 8.39. The Labute approximate surface area is 180 Å². The van der Waals surface area contributed by atoms with Crippen LogP contribution in [0.3, 0.4) is 0 Å². The van der Waals surface area contributed by atoms with Crippen LogP contribution in [0.1, 0.15) is 29.9 Å². The summed E-state index contributed by atoms with van der Waals surface area (Å²) in [7, 11) is 0. The van der Waals surface area contributed by atoms with E-state index in [0.29, 0.717) is 27.1 Å². The smallest absolute Gasteiger partial charge is 0.346 e. The van der Waals surface area contributed by atoms with Crippen LogP contribution in [0.4, 0.5) is 0 Å². The Kier molecular flexibility index (Phi) is 6.68. The van der Waals surface area contributed by atoms with Crippen LogP contribution < -0.4 is 15.9 Å². The molecule has 0 aliphatic carbocycles. The van der Waals surface area contributed by atoms with E-state index < -0.39 is 11.6 Å². The van der Waals surface area contributed by atoms with Gasteiger partial charge in [0.2, 0.25) is 0 Å². The van der Waals surface area contributed by atoms with Crippen LogP contribution >= 0.6 is 34.5 Å². The Hall–Kier alpha value is -2.68. The van der Waals surface area contributed by atoms with Gasteiger partial charge in [-0.3, -0.25) is 4.79 Å². The summed E-state index contributed by atoms with van der Waals surface area (Å²) in [4.78, 5) is 31.2. The van der Waals surface area contributed by atoms with Crippen molar-refractivity contribution in [1.82, 2.24) is 15.4 Å². The molecule has 0 bridgehead atoms. The minimum absolute atomic E-state index is 0.0500. The number of hydrogen-bond donors (Lipinski definition) is 2. The van der Waals surface area contributed by atoms with Crippen molar-refractivity contribution < 1.29 is 9.53 Å². The third kappa shape index (κ3) is 5.44. The molecule has 0 radical (unpaired) electrons. The lowest BCUT2D eigenvalue weighted by Crippen LogP contribution is -2.24. The van der Waals surface area contributed by atoms with E-state index in [4.69, 9.17) is 27.9 Å². The molecular weight excluding hydrogens is 435 g/mol. The number of nitrogens with zero attached hydrogens (tertiary/aromatic N) is 2. The number of aromatic amines is 1. The highest BCUT2D eigenvalue weighted by molar-refractivity contribution is 7.13. The Morgan fingerprint density at radius 3 is 2.66 bits per heavy atom. The van der Waals surface area contributed by atoms with E-state index in [1.807, 2.05) is 31.4 Å². The molecule has 3 rings (SSSR count). The summed E-state index contributed by atoms with van der Waals surface area (Å²) in [6.45, 7) is 3.73. The standard InChI is InChI=1S/C19H16Cl2N4O3S/c1-10(2)28-17-12(20)6-11(7-13(17)21)9-22-25-18(26)15-8-14(23-19(27)24-15)16-4-3-5-29-16/h3-10H,1-2H3,(H,25,26)(H,23,24,27)/b22-9+. The molecule has 1 amide bonds. The van der Waals surface area contributed by atoms with Gasteiger partial charge in [-0.25, -0.2) is 10.2 Å². The quantitative estimate of drug-likeness (QED) is 0.430. The highest BCUT2D eigenvalue weighted by Crippen LogP contribution is 2.34. The van der Waals surface area contributed by atoms with Crippen molar-refractivity contribution in [3.05, 3.63) is 67.5 Å². The van der Waals surface area contributed by atoms with Gasteiger partial charge in [0.15, 0.2) is 5.75 Å². The van der Waals surface area contributed by atoms with Crippen molar-refractivity contribution in [3.8, 4) is 16.3 Å². The first-order valence-electron chi connectivity index (χ1n) is 8.48. The molecule has 0 aliphatic rings. The number of carbonyl (C=O) groups excluding carboxylic acids is 1. The van der Waals surface area contributed by atoms with Gasteiger partial charge in [0.25, 0.3) is 5.91 Å². The zero-order valence-electron chi connectivity index (χ0n) is 15.4. The van der Waals surface area contributed by atoms with E-state index in [0.717, 1.165) is 4.88 Å². The first-order chi connectivity index (χ1) is 13.8. The molecule has 0 spiro atoms. The van der Waals surface area contributed by atoms with Crippen molar-refractivity contribution in [2.45, 2.75) is 20.0 Å². The maximum absolute atomic E-state index is 12.3. The van der Waals surface area contributed by atoms with E-state index in [-0.39, 0.29) is 11.8 Å². The predicted molar refractivity (Wildman–Crippen MR) is 115 cm³/mol. The van der Waals surface area contributed by atoms with Crippen LogP contribution in [0, 0.1) is 0 Å². The highest BCUT2D eigenvalue weighted by Gasteiger charge is 2.12. The Morgan fingerprint density at radius 1 is 1.31 bits per heavy atom. The average Bonchev–Trinajstić information content (AvgIpc) is 3.19. The molecule has 0 aliphatic heterocycles. The number of thiophene rings is 1. The zero-order valence-corrected chi connectivity index (χ0v) is 17.7. The molecule has 10 heteroatoms. The Morgan fingerprint density at radius 2 is 2.03 bits per heavy atom. The summed E-state index contributed by atoms with van der Waals surface area (Å²) in [5.74, 6) is -0.236. The van der Waals surface area contributed by atoms with Crippen LogP contribution in [0.15, 0.2) is 45.6 Å². The Balaban J connectivity index is 1.74. The monoisotopic (exact) mass is 450 g/mol. The molecule has 2 heterocycles. The fraction of sp³-hybridized carbons (Fsp3) is 0.158. The largest absolute Gasteiger partial charge is 0.488 e. The molecule has 3 aromatic rings. The van der Waals surface area contributed by atoms with E-state index in [2.05, 4.69) is 20.5 Å². The summed E-state index contributed by atoms with van der Waals surface area (Å²) < 4.78 is 5.57. The Bertz CT molecular complexity index is 1090. The fourth-order valence-electron chi connectivity index (χ4n) is 2.36. The number of hydrogen-bond acceptors (Lipinski definition) is 6. The summed E-state index contributed by atoms with van der Waals surface area (Å²) in [6.07, 6.45) is 1.30. The second kappa shape index (κ2) is 9.21. The minimum atomic E-state index is -0.623. The van der Waals surface area contributed by atoms with Gasteiger partial charge in [0.05, 0.1) is 32.9 Å². The lowest BCUT2D eigenvalue weighted by atomic mass is 10.2. The van der Waals surface area contributed by atoms with Gasteiger partial charge in [-0.1, -0.05) is 29.3 Å². The van der Waals surface area contributed by atoms with Crippen LogP contribution in [0.2, 0.25) is 10.0 Å². The van der Waals surface area contributed by atoms with E-state index >= 15 is 0 Å². The molecule has 2 N–H and O–H groups in total. The number of nitrogens with one attached hydrogen (secondary N) is 2. The van der Waals surface area contributed by atoms with Gasteiger partial charge in [0.1, 0.15) is 5.69 Å². The van der Waals surface area contributed by atoms with Crippen molar-refractivity contribution in [3.63, 3.8) is 0 Å². The van der Waals surface area contributed by atoms with E-state index in [1.165, 1.54) is 23.6 Å². The normalized spacial score (nSPS) is 11.2. The molecule has 29 heavy (non-hydrogen) atoms. The number of halogens is 2. The number of carbonyl (C=O) groups is 1. The van der Waals surface area contributed by atoms with Crippen molar-refractivity contribution in [2.75, 3.05) is 0 Å². The molecule has 1 aromatic carbocycles. The van der Waals surface area contributed by atoms with Gasteiger partial charge in [-0.05, 0) is 49.1 Å². The van der Waals surface area contributed by atoms with Crippen molar-refractivity contribution in [2.24, 2.45) is 5.10 Å². The molecule has 0 atom stereocenters. The lowest BCUT2D eigenvalue weighted by molar-refractivity contribution is 0.0949. The summed E-state index contributed by atoms with van der Waals surface area (Å²) in [5, 5.41) is 6.41. The zero-order chi connectivity index (χ0) is 21.0. The van der Waals surface area contributed by atoms with Gasteiger partial charge < -0.3 is 9.72 Å². The van der Waals surface area contributed by atoms with E-state index in [1.54, 1.807) is 12.1 Å². The van der Waals surface area contributed by atoms with Crippen molar-refractivity contribution in [1.29, 1.82) is 0 Å². The molecule has 0 fully saturated rings. The highest BCUT2D eigenvalue weighted by atomic mass is 35.5. The van der Waals surface area contributed by atoms with Gasteiger partial charge in [0, 0.05) is 0 Å². The molecular formula is C19H16Cl2N4O3S. The fourth-order valence-corrected chi connectivity index (χ4v) is 3.65. The van der Waals surface area contributed by atoms with Crippen LogP contribution in [-0.4, -0.2) is 28.2 Å². The summed E-state index contributed by atoms with van der Waals surface area (Å²) >= 11 is 13.8. The molecule has 150 valence electrons. The molecule has 2 aromatic heterocycles. The van der Waals surface area contributed by atoms with E-state index in [9.17, 15) is 9.59 Å². The molecule has 0 saturated heterocycles. The average molecular weight is 451 g/mol. The number of H-pyrrole nitrogens is 1.